The Morgan fingerprint density at radius 3 is 2.55 bits per heavy atom. The van der Waals surface area contributed by atoms with E-state index in [0.29, 0.717) is 16.4 Å². The zero-order chi connectivity index (χ0) is 16.3. The first-order chi connectivity index (χ1) is 10.3. The van der Waals surface area contributed by atoms with E-state index in [1.165, 1.54) is 13.0 Å². The maximum Gasteiger partial charge on any atom is 0.242 e. The number of aryl methyl sites for hydroxylation is 1. The van der Waals surface area contributed by atoms with Crippen LogP contribution >= 0.6 is 11.6 Å². The molecule has 0 saturated heterocycles. The number of anilines is 1. The summed E-state index contributed by atoms with van der Waals surface area (Å²) in [5.41, 5.74) is 1.07. The Morgan fingerprint density at radius 2 is 2.00 bits per heavy atom. The van der Waals surface area contributed by atoms with Gasteiger partial charge in [0.1, 0.15) is 11.0 Å². The zero-order valence-corrected chi connectivity index (χ0v) is 13.6. The summed E-state index contributed by atoms with van der Waals surface area (Å²) in [4.78, 5) is 12.1. The van der Waals surface area contributed by atoms with Crippen molar-refractivity contribution in [3.05, 3.63) is 46.8 Å². The number of benzene rings is 1. The summed E-state index contributed by atoms with van der Waals surface area (Å²) < 4.78 is 29.3. The van der Waals surface area contributed by atoms with Gasteiger partial charge in [0.2, 0.25) is 5.91 Å². The van der Waals surface area contributed by atoms with E-state index in [0.717, 1.165) is 0 Å². The quantitative estimate of drug-likeness (QED) is 0.902. The molecule has 0 saturated carbocycles. The fraction of sp³-hybridized carbons (Fsp3) is 0.286. The topological polar surface area (TPSA) is 89.3 Å². The van der Waals surface area contributed by atoms with Crippen molar-refractivity contribution in [2.75, 3.05) is 5.32 Å². The first kappa shape index (κ1) is 16.5. The van der Waals surface area contributed by atoms with Crippen LogP contribution in [0.2, 0.25) is 5.02 Å². The van der Waals surface area contributed by atoms with E-state index >= 15 is 0 Å². The van der Waals surface area contributed by atoms with Gasteiger partial charge in [-0.25, -0.2) is 8.42 Å². The highest BCUT2D eigenvalue weighted by molar-refractivity contribution is 7.92. The van der Waals surface area contributed by atoms with Crippen LogP contribution in [0.25, 0.3) is 0 Å². The number of carbonyl (C=O) groups excluding carboxylic acids is 1. The molecule has 0 bridgehead atoms. The molecular weight excluding hydrogens is 328 g/mol. The molecule has 118 valence electrons. The average Bonchev–Trinajstić information content (AvgIpc) is 2.85. The van der Waals surface area contributed by atoms with Gasteiger partial charge in [0.15, 0.2) is 15.6 Å². The van der Waals surface area contributed by atoms with Gasteiger partial charge in [0, 0.05) is 16.8 Å². The predicted molar refractivity (Wildman–Crippen MR) is 83.4 cm³/mol. The van der Waals surface area contributed by atoms with Crippen LogP contribution in [0.4, 0.5) is 5.69 Å². The first-order valence-corrected chi connectivity index (χ1v) is 8.57. The molecule has 0 fully saturated rings. The third kappa shape index (κ3) is 4.08. The minimum absolute atomic E-state index is 0.212. The van der Waals surface area contributed by atoms with E-state index < -0.39 is 21.0 Å². The number of carbonyl (C=O) groups is 1. The Hall–Kier alpha value is -1.86. The van der Waals surface area contributed by atoms with E-state index in [1.54, 1.807) is 31.2 Å². The number of aromatic nitrogens is 1. The van der Waals surface area contributed by atoms with E-state index in [-0.39, 0.29) is 11.5 Å². The lowest BCUT2D eigenvalue weighted by Gasteiger charge is -2.12. The molecule has 1 N–H and O–H groups in total. The Labute approximate surface area is 133 Å². The molecule has 2 rings (SSSR count). The SMILES string of the molecule is Cc1cc(CS(=O)(=O)[C@@H](C)C(=O)Nc2ccc(Cl)cc2)on1. The van der Waals surface area contributed by atoms with Crippen molar-refractivity contribution in [1.29, 1.82) is 0 Å². The van der Waals surface area contributed by atoms with Gasteiger partial charge < -0.3 is 9.84 Å². The minimum atomic E-state index is -3.70. The summed E-state index contributed by atoms with van der Waals surface area (Å²) in [7, 11) is -3.70. The van der Waals surface area contributed by atoms with Crippen LogP contribution in [0.5, 0.6) is 0 Å². The summed E-state index contributed by atoms with van der Waals surface area (Å²) in [6.07, 6.45) is 0. The van der Waals surface area contributed by atoms with Gasteiger partial charge in [-0.1, -0.05) is 16.8 Å². The second kappa shape index (κ2) is 6.50. The first-order valence-electron chi connectivity index (χ1n) is 6.48. The van der Waals surface area contributed by atoms with Gasteiger partial charge in [0.05, 0.1) is 5.69 Å². The van der Waals surface area contributed by atoms with E-state index in [9.17, 15) is 13.2 Å². The van der Waals surface area contributed by atoms with Gasteiger partial charge in [-0.2, -0.15) is 0 Å². The second-order valence-electron chi connectivity index (χ2n) is 4.88. The largest absolute Gasteiger partial charge is 0.360 e. The highest BCUT2D eigenvalue weighted by Crippen LogP contribution is 2.16. The third-order valence-electron chi connectivity index (χ3n) is 3.04. The van der Waals surface area contributed by atoms with E-state index in [4.69, 9.17) is 16.1 Å². The number of hydrogen-bond donors (Lipinski definition) is 1. The summed E-state index contributed by atoms with van der Waals surface area (Å²) >= 11 is 5.75. The van der Waals surface area contributed by atoms with Crippen molar-refractivity contribution in [2.45, 2.75) is 24.9 Å². The Kier molecular flexibility index (Phi) is 4.87. The van der Waals surface area contributed by atoms with Crippen LogP contribution in [0.3, 0.4) is 0 Å². The van der Waals surface area contributed by atoms with Crippen molar-refractivity contribution in [1.82, 2.24) is 5.16 Å². The average molecular weight is 343 g/mol. The van der Waals surface area contributed by atoms with Crippen molar-refractivity contribution in [2.24, 2.45) is 0 Å². The molecule has 1 aromatic carbocycles. The molecule has 0 aliphatic rings. The molecule has 0 aliphatic carbocycles. The highest BCUT2D eigenvalue weighted by Gasteiger charge is 2.29. The lowest BCUT2D eigenvalue weighted by Crippen LogP contribution is -2.33. The molecule has 1 heterocycles. The Bertz CT molecular complexity index is 768. The molecule has 0 unspecified atom stereocenters. The van der Waals surface area contributed by atoms with Crippen LogP contribution in [-0.2, 0) is 20.4 Å². The molecular formula is C14H15ClN2O4S. The molecule has 1 atom stereocenters. The van der Waals surface area contributed by atoms with Crippen molar-refractivity contribution >= 4 is 33.0 Å². The van der Waals surface area contributed by atoms with Crippen LogP contribution in [0.15, 0.2) is 34.9 Å². The smallest absolute Gasteiger partial charge is 0.242 e. The summed E-state index contributed by atoms with van der Waals surface area (Å²) in [5, 5.41) is 5.48. The monoisotopic (exact) mass is 342 g/mol. The normalized spacial score (nSPS) is 12.9. The molecule has 2 aromatic rings. The van der Waals surface area contributed by atoms with Crippen molar-refractivity contribution in [3.63, 3.8) is 0 Å². The molecule has 6 nitrogen and oxygen atoms in total. The molecule has 0 spiro atoms. The number of halogens is 1. The fourth-order valence-electron chi connectivity index (χ4n) is 1.75. The van der Waals surface area contributed by atoms with Crippen LogP contribution in [-0.4, -0.2) is 24.7 Å². The predicted octanol–water partition coefficient (Wildman–Crippen LogP) is 2.58. The van der Waals surface area contributed by atoms with Gasteiger partial charge in [-0.05, 0) is 38.1 Å². The highest BCUT2D eigenvalue weighted by atomic mass is 35.5. The molecule has 1 aromatic heterocycles. The Balaban J connectivity index is 2.06. The molecule has 0 radical (unpaired) electrons. The van der Waals surface area contributed by atoms with Crippen LogP contribution < -0.4 is 5.32 Å². The number of nitrogens with zero attached hydrogens (tertiary/aromatic N) is 1. The second-order valence-corrected chi connectivity index (χ2v) is 7.64. The summed E-state index contributed by atoms with van der Waals surface area (Å²) in [5.74, 6) is -0.773. The third-order valence-corrected chi connectivity index (χ3v) is 5.27. The standard InChI is InChI=1S/C14H15ClN2O4S/c1-9-7-13(21-17-9)8-22(19,20)10(2)14(18)16-12-5-3-11(15)4-6-12/h3-7,10H,8H2,1-2H3,(H,16,18)/t10-/m0/s1. The molecule has 0 aliphatic heterocycles. The Morgan fingerprint density at radius 1 is 1.36 bits per heavy atom. The lowest BCUT2D eigenvalue weighted by atomic mass is 10.3. The number of sulfone groups is 1. The van der Waals surface area contributed by atoms with Crippen molar-refractivity contribution in [3.8, 4) is 0 Å². The van der Waals surface area contributed by atoms with E-state index in [2.05, 4.69) is 10.5 Å². The molecule has 22 heavy (non-hydrogen) atoms. The maximum absolute atomic E-state index is 12.2. The van der Waals surface area contributed by atoms with E-state index in [1.807, 2.05) is 0 Å². The summed E-state index contributed by atoms with van der Waals surface area (Å²) in [6.45, 7) is 3.03. The summed E-state index contributed by atoms with van der Waals surface area (Å²) in [6, 6.07) is 7.93. The molecule has 1 amide bonds. The van der Waals surface area contributed by atoms with Crippen molar-refractivity contribution < 1.29 is 17.7 Å². The van der Waals surface area contributed by atoms with Gasteiger partial charge in [-0.3, -0.25) is 4.79 Å². The number of nitrogens with one attached hydrogen (secondary N) is 1. The van der Waals surface area contributed by atoms with Gasteiger partial charge in [0.25, 0.3) is 0 Å². The zero-order valence-electron chi connectivity index (χ0n) is 12.0. The van der Waals surface area contributed by atoms with Crippen LogP contribution in [0.1, 0.15) is 18.4 Å². The minimum Gasteiger partial charge on any atom is -0.360 e. The number of rotatable bonds is 5. The lowest BCUT2D eigenvalue weighted by molar-refractivity contribution is -0.115. The van der Waals surface area contributed by atoms with Crippen LogP contribution in [0, 0.1) is 6.92 Å². The number of hydrogen-bond acceptors (Lipinski definition) is 5. The fourth-order valence-corrected chi connectivity index (χ4v) is 3.04. The maximum atomic E-state index is 12.2. The molecule has 8 heteroatoms. The number of amides is 1. The van der Waals surface area contributed by atoms with Gasteiger partial charge >= 0.3 is 0 Å². The van der Waals surface area contributed by atoms with Gasteiger partial charge in [-0.15, -0.1) is 0 Å².